The second kappa shape index (κ2) is 9.90. The number of aromatic nitrogens is 1. The monoisotopic (exact) mass is 423 g/mol. The van der Waals surface area contributed by atoms with Crippen LogP contribution >= 0.6 is 0 Å². The Bertz CT molecular complexity index is 818. The maximum atomic E-state index is 12.2. The minimum absolute atomic E-state index is 0.189. The zero-order valence-electron chi connectivity index (χ0n) is 16.4. The zero-order valence-corrected chi connectivity index (χ0v) is 16.4. The quantitative estimate of drug-likeness (QED) is 0.717. The minimum atomic E-state index is -4.44. The molecule has 1 amide bonds. The molecule has 1 aliphatic rings. The van der Waals surface area contributed by atoms with Crippen molar-refractivity contribution < 1.29 is 27.8 Å². The van der Waals surface area contributed by atoms with E-state index in [1.807, 2.05) is 24.3 Å². The minimum Gasteiger partial charge on any atom is -0.468 e. The van der Waals surface area contributed by atoms with Gasteiger partial charge in [0.2, 0.25) is 5.88 Å². The van der Waals surface area contributed by atoms with E-state index in [0.717, 1.165) is 38.0 Å². The second-order valence-electron chi connectivity index (χ2n) is 7.30. The van der Waals surface area contributed by atoms with Crippen molar-refractivity contribution in [1.82, 2.24) is 15.2 Å². The van der Waals surface area contributed by atoms with Crippen molar-refractivity contribution in [1.29, 1.82) is 0 Å². The predicted molar refractivity (Wildman–Crippen MR) is 104 cm³/mol. The molecule has 0 atom stereocenters. The Morgan fingerprint density at radius 2 is 1.80 bits per heavy atom. The standard InChI is InChI=1S/C21H24F3N3O3/c22-21(23,24)14-30-19-6-5-17(12-25-19)20(29)26-11-15-1-3-16(4-2-15)13-27-9-7-18(28)8-10-27/h1-6,12,18,28H,7-11,13-14H2,(H,26,29). The average Bonchev–Trinajstić information content (AvgIpc) is 2.73. The van der Waals surface area contributed by atoms with Crippen molar-refractivity contribution in [3.05, 3.63) is 59.3 Å². The van der Waals surface area contributed by atoms with Gasteiger partial charge in [-0.2, -0.15) is 13.2 Å². The third-order valence-corrected chi connectivity index (χ3v) is 4.82. The summed E-state index contributed by atoms with van der Waals surface area (Å²) in [4.78, 5) is 18.2. The first-order chi connectivity index (χ1) is 14.3. The predicted octanol–water partition coefficient (Wildman–Crippen LogP) is 2.91. The lowest BCUT2D eigenvalue weighted by molar-refractivity contribution is -0.154. The molecule has 1 aromatic carbocycles. The number of likely N-dealkylation sites (tertiary alicyclic amines) is 1. The highest BCUT2D eigenvalue weighted by Crippen LogP contribution is 2.17. The van der Waals surface area contributed by atoms with Gasteiger partial charge in [0.1, 0.15) is 0 Å². The summed E-state index contributed by atoms with van der Waals surface area (Å²) in [6.45, 7) is 1.48. The van der Waals surface area contributed by atoms with Crippen LogP contribution in [0, 0.1) is 0 Å². The number of hydrogen-bond donors (Lipinski definition) is 2. The van der Waals surface area contributed by atoms with Crippen molar-refractivity contribution >= 4 is 5.91 Å². The highest BCUT2D eigenvalue weighted by molar-refractivity contribution is 5.93. The summed E-state index contributed by atoms with van der Waals surface area (Å²) in [7, 11) is 0. The topological polar surface area (TPSA) is 74.7 Å². The Balaban J connectivity index is 1.45. The van der Waals surface area contributed by atoms with E-state index in [2.05, 4.69) is 19.9 Å². The van der Waals surface area contributed by atoms with Crippen LogP contribution < -0.4 is 10.1 Å². The summed E-state index contributed by atoms with van der Waals surface area (Å²) >= 11 is 0. The molecule has 1 saturated heterocycles. The molecule has 2 heterocycles. The summed E-state index contributed by atoms with van der Waals surface area (Å²) in [5, 5.41) is 12.3. The number of aliphatic hydroxyl groups excluding tert-OH is 1. The molecular weight excluding hydrogens is 399 g/mol. The van der Waals surface area contributed by atoms with Crippen LogP contribution in [0.25, 0.3) is 0 Å². The van der Waals surface area contributed by atoms with Crippen LogP contribution in [0.3, 0.4) is 0 Å². The maximum absolute atomic E-state index is 12.2. The van der Waals surface area contributed by atoms with Crippen molar-refractivity contribution in [3.63, 3.8) is 0 Å². The molecule has 0 bridgehead atoms. The highest BCUT2D eigenvalue weighted by atomic mass is 19.4. The molecule has 1 aromatic heterocycles. The van der Waals surface area contributed by atoms with E-state index >= 15 is 0 Å². The van der Waals surface area contributed by atoms with Crippen LogP contribution in [0.2, 0.25) is 0 Å². The number of amides is 1. The van der Waals surface area contributed by atoms with Crippen LogP contribution in [0.1, 0.15) is 34.3 Å². The first-order valence-electron chi connectivity index (χ1n) is 9.70. The van der Waals surface area contributed by atoms with Gasteiger partial charge in [-0.15, -0.1) is 0 Å². The molecule has 162 valence electrons. The number of piperidine rings is 1. The highest BCUT2D eigenvalue weighted by Gasteiger charge is 2.28. The molecule has 2 N–H and O–H groups in total. The number of nitrogens with zero attached hydrogens (tertiary/aromatic N) is 2. The van der Waals surface area contributed by atoms with Gasteiger partial charge in [-0.3, -0.25) is 9.69 Å². The number of pyridine rings is 1. The lowest BCUT2D eigenvalue weighted by atomic mass is 10.1. The van der Waals surface area contributed by atoms with E-state index < -0.39 is 12.8 Å². The summed E-state index contributed by atoms with van der Waals surface area (Å²) in [6.07, 6.45) is -1.85. The number of ether oxygens (including phenoxy) is 1. The summed E-state index contributed by atoms with van der Waals surface area (Å²) < 4.78 is 40.9. The number of aliphatic hydroxyl groups is 1. The van der Waals surface area contributed by atoms with Crippen molar-refractivity contribution in [3.8, 4) is 5.88 Å². The first kappa shape index (κ1) is 22.0. The van der Waals surface area contributed by atoms with E-state index in [0.29, 0.717) is 6.54 Å². The number of alkyl halides is 3. The van der Waals surface area contributed by atoms with E-state index in [4.69, 9.17) is 0 Å². The Kier molecular flexibility index (Phi) is 7.28. The van der Waals surface area contributed by atoms with Crippen LogP contribution in [-0.4, -0.2) is 52.9 Å². The number of rotatable bonds is 7. The largest absolute Gasteiger partial charge is 0.468 e. The number of benzene rings is 1. The molecule has 0 aliphatic carbocycles. The summed E-state index contributed by atoms with van der Waals surface area (Å²) in [5.41, 5.74) is 2.33. The van der Waals surface area contributed by atoms with E-state index in [1.54, 1.807) is 0 Å². The molecule has 0 unspecified atom stereocenters. The fourth-order valence-electron chi connectivity index (χ4n) is 3.14. The summed E-state index contributed by atoms with van der Waals surface area (Å²) in [6, 6.07) is 10.5. The van der Waals surface area contributed by atoms with E-state index in [9.17, 15) is 23.1 Å². The van der Waals surface area contributed by atoms with Crippen LogP contribution in [0.5, 0.6) is 5.88 Å². The second-order valence-corrected chi connectivity index (χ2v) is 7.30. The zero-order chi connectivity index (χ0) is 21.6. The number of carbonyl (C=O) groups is 1. The molecule has 0 spiro atoms. The fourth-order valence-corrected chi connectivity index (χ4v) is 3.14. The Hall–Kier alpha value is -2.65. The smallest absolute Gasteiger partial charge is 0.422 e. The van der Waals surface area contributed by atoms with Gasteiger partial charge in [0.05, 0.1) is 11.7 Å². The number of nitrogens with one attached hydrogen (secondary N) is 1. The lowest BCUT2D eigenvalue weighted by Crippen LogP contribution is -2.35. The fraction of sp³-hybridized carbons (Fsp3) is 0.429. The van der Waals surface area contributed by atoms with Gasteiger partial charge < -0.3 is 15.2 Å². The number of hydrogen-bond acceptors (Lipinski definition) is 5. The van der Waals surface area contributed by atoms with Crippen LogP contribution in [0.4, 0.5) is 13.2 Å². The van der Waals surface area contributed by atoms with E-state index in [-0.39, 0.29) is 23.5 Å². The maximum Gasteiger partial charge on any atom is 0.422 e. The third-order valence-electron chi connectivity index (χ3n) is 4.82. The molecule has 3 rings (SSSR count). The lowest BCUT2D eigenvalue weighted by Gasteiger charge is -2.29. The Labute approximate surface area is 172 Å². The van der Waals surface area contributed by atoms with Gasteiger partial charge in [-0.1, -0.05) is 24.3 Å². The Morgan fingerprint density at radius 1 is 1.13 bits per heavy atom. The molecule has 6 nitrogen and oxygen atoms in total. The van der Waals surface area contributed by atoms with E-state index in [1.165, 1.54) is 23.9 Å². The molecule has 2 aromatic rings. The SMILES string of the molecule is O=C(NCc1ccc(CN2CCC(O)CC2)cc1)c1ccc(OCC(F)(F)F)nc1. The van der Waals surface area contributed by atoms with Gasteiger partial charge in [-0.25, -0.2) is 4.98 Å². The van der Waals surface area contributed by atoms with Crippen LogP contribution in [-0.2, 0) is 13.1 Å². The normalized spacial score (nSPS) is 15.7. The van der Waals surface area contributed by atoms with Gasteiger partial charge in [0, 0.05) is 38.4 Å². The molecule has 1 fully saturated rings. The average molecular weight is 423 g/mol. The summed E-state index contributed by atoms with van der Waals surface area (Å²) in [5.74, 6) is -0.566. The molecule has 30 heavy (non-hydrogen) atoms. The molecular formula is C21H24F3N3O3. The molecule has 0 radical (unpaired) electrons. The molecule has 9 heteroatoms. The number of halogens is 3. The molecule has 1 aliphatic heterocycles. The van der Waals surface area contributed by atoms with Crippen molar-refractivity contribution in [2.24, 2.45) is 0 Å². The Morgan fingerprint density at radius 3 is 2.40 bits per heavy atom. The van der Waals surface area contributed by atoms with Gasteiger partial charge in [0.25, 0.3) is 5.91 Å². The van der Waals surface area contributed by atoms with Gasteiger partial charge in [0.15, 0.2) is 6.61 Å². The van der Waals surface area contributed by atoms with Gasteiger partial charge in [-0.05, 0) is 30.0 Å². The van der Waals surface area contributed by atoms with Crippen molar-refractivity contribution in [2.75, 3.05) is 19.7 Å². The third kappa shape index (κ3) is 7.00. The molecule has 0 saturated carbocycles. The van der Waals surface area contributed by atoms with Gasteiger partial charge >= 0.3 is 6.18 Å². The van der Waals surface area contributed by atoms with Crippen molar-refractivity contribution in [2.45, 2.75) is 38.2 Å². The van der Waals surface area contributed by atoms with Crippen LogP contribution in [0.15, 0.2) is 42.6 Å². The number of carbonyl (C=O) groups excluding carboxylic acids is 1. The first-order valence-corrected chi connectivity index (χ1v) is 9.70.